The van der Waals surface area contributed by atoms with E-state index in [4.69, 9.17) is 0 Å². The topological polar surface area (TPSA) is 38.3 Å². The van der Waals surface area contributed by atoms with Crippen LogP contribution in [-0.4, -0.2) is 17.8 Å². The summed E-state index contributed by atoms with van der Waals surface area (Å²) in [5.74, 6) is -0.0645. The van der Waals surface area contributed by atoms with E-state index < -0.39 is 6.61 Å². The fourth-order valence-corrected chi connectivity index (χ4v) is 1.88. The van der Waals surface area contributed by atoms with Gasteiger partial charge >= 0.3 is 6.61 Å². The Morgan fingerprint density at radius 2 is 2.11 bits per heavy atom. The van der Waals surface area contributed by atoms with E-state index in [1.807, 2.05) is 0 Å². The van der Waals surface area contributed by atoms with E-state index in [9.17, 15) is 13.6 Å². The SMILES string of the molecule is CC(NC(=O)CCBr)c1ccccc1OC(F)F. The molecule has 0 fully saturated rings. The molecule has 1 aromatic rings. The smallest absolute Gasteiger partial charge is 0.387 e. The quantitative estimate of drug-likeness (QED) is 0.817. The zero-order valence-corrected chi connectivity index (χ0v) is 11.4. The van der Waals surface area contributed by atoms with E-state index in [0.29, 0.717) is 17.3 Å². The van der Waals surface area contributed by atoms with Crippen molar-refractivity contribution in [3.8, 4) is 5.75 Å². The third kappa shape index (κ3) is 4.60. The molecule has 0 radical (unpaired) electrons. The van der Waals surface area contributed by atoms with Crippen LogP contribution in [0, 0.1) is 0 Å². The average molecular weight is 322 g/mol. The lowest BCUT2D eigenvalue weighted by molar-refractivity contribution is -0.121. The Morgan fingerprint density at radius 1 is 1.44 bits per heavy atom. The van der Waals surface area contributed by atoms with E-state index in [1.54, 1.807) is 25.1 Å². The largest absolute Gasteiger partial charge is 0.434 e. The van der Waals surface area contributed by atoms with E-state index in [1.165, 1.54) is 6.07 Å². The molecule has 1 unspecified atom stereocenters. The first-order valence-electron chi connectivity index (χ1n) is 5.43. The molecule has 3 nitrogen and oxygen atoms in total. The molecule has 1 rings (SSSR count). The number of hydrogen-bond acceptors (Lipinski definition) is 2. The van der Waals surface area contributed by atoms with Crippen molar-refractivity contribution in [3.63, 3.8) is 0 Å². The Balaban J connectivity index is 2.78. The van der Waals surface area contributed by atoms with Crippen molar-refractivity contribution >= 4 is 21.8 Å². The van der Waals surface area contributed by atoms with Crippen molar-refractivity contribution in [2.24, 2.45) is 0 Å². The lowest BCUT2D eigenvalue weighted by Crippen LogP contribution is -2.27. The van der Waals surface area contributed by atoms with Crippen LogP contribution in [0.15, 0.2) is 24.3 Å². The van der Waals surface area contributed by atoms with Gasteiger partial charge in [-0.1, -0.05) is 34.1 Å². The minimum Gasteiger partial charge on any atom is -0.434 e. The second-order valence-corrected chi connectivity index (χ2v) is 4.44. The van der Waals surface area contributed by atoms with Crippen LogP contribution < -0.4 is 10.1 Å². The van der Waals surface area contributed by atoms with Crippen LogP contribution in [0.5, 0.6) is 5.75 Å². The Kier molecular flexibility index (Phi) is 6.04. The normalized spacial score (nSPS) is 12.3. The predicted molar refractivity (Wildman–Crippen MR) is 68.0 cm³/mol. The molecule has 0 bridgehead atoms. The third-order valence-electron chi connectivity index (χ3n) is 2.30. The zero-order valence-electron chi connectivity index (χ0n) is 9.83. The Labute approximate surface area is 113 Å². The maximum atomic E-state index is 12.2. The van der Waals surface area contributed by atoms with E-state index in [2.05, 4.69) is 26.0 Å². The highest BCUT2D eigenvalue weighted by molar-refractivity contribution is 9.09. The summed E-state index contributed by atoms with van der Waals surface area (Å²) in [6, 6.07) is 6.03. The lowest BCUT2D eigenvalue weighted by Gasteiger charge is -2.17. The van der Waals surface area contributed by atoms with Crippen LogP contribution in [-0.2, 0) is 4.79 Å². The van der Waals surface area contributed by atoms with Crippen LogP contribution in [0.4, 0.5) is 8.78 Å². The molecule has 18 heavy (non-hydrogen) atoms. The monoisotopic (exact) mass is 321 g/mol. The molecule has 6 heteroatoms. The van der Waals surface area contributed by atoms with Gasteiger partial charge in [-0.05, 0) is 13.0 Å². The molecule has 0 aliphatic rings. The molecule has 1 N–H and O–H groups in total. The molecule has 0 saturated heterocycles. The van der Waals surface area contributed by atoms with Gasteiger partial charge in [0.05, 0.1) is 6.04 Å². The van der Waals surface area contributed by atoms with Gasteiger partial charge in [0.15, 0.2) is 0 Å². The highest BCUT2D eigenvalue weighted by Crippen LogP contribution is 2.26. The van der Waals surface area contributed by atoms with Gasteiger partial charge in [-0.2, -0.15) is 8.78 Å². The second-order valence-electron chi connectivity index (χ2n) is 3.64. The van der Waals surface area contributed by atoms with Crippen molar-refractivity contribution in [1.29, 1.82) is 0 Å². The van der Waals surface area contributed by atoms with Crippen LogP contribution in [0.3, 0.4) is 0 Å². The number of amides is 1. The number of halogens is 3. The Bertz CT molecular complexity index is 401. The summed E-state index contributed by atoms with van der Waals surface area (Å²) < 4.78 is 28.9. The fraction of sp³-hybridized carbons (Fsp3) is 0.417. The maximum absolute atomic E-state index is 12.2. The highest BCUT2D eigenvalue weighted by Gasteiger charge is 2.15. The first-order chi connectivity index (χ1) is 8.54. The summed E-state index contributed by atoms with van der Waals surface area (Å²) >= 11 is 3.16. The molecule has 0 aliphatic heterocycles. The molecule has 0 spiro atoms. The van der Waals surface area contributed by atoms with Crippen LogP contribution in [0.1, 0.15) is 24.9 Å². The summed E-state index contributed by atoms with van der Waals surface area (Å²) in [6.45, 7) is -1.16. The molecule has 1 amide bonds. The van der Waals surface area contributed by atoms with Gasteiger partial charge in [0.1, 0.15) is 5.75 Å². The number of alkyl halides is 3. The summed E-state index contributed by atoms with van der Waals surface area (Å²) in [5, 5.41) is 3.27. The number of benzene rings is 1. The van der Waals surface area contributed by atoms with Gasteiger partial charge < -0.3 is 10.1 Å². The van der Waals surface area contributed by atoms with E-state index >= 15 is 0 Å². The number of nitrogens with one attached hydrogen (secondary N) is 1. The first-order valence-corrected chi connectivity index (χ1v) is 6.55. The standard InChI is InChI=1S/C12H14BrF2NO2/c1-8(16-11(17)6-7-13)9-4-2-3-5-10(9)18-12(14)15/h2-5,8,12H,6-7H2,1H3,(H,16,17). The van der Waals surface area contributed by atoms with Gasteiger partial charge in [-0.25, -0.2) is 0 Å². The fourth-order valence-electron chi connectivity index (χ4n) is 1.52. The third-order valence-corrected chi connectivity index (χ3v) is 2.70. The van der Waals surface area contributed by atoms with Gasteiger partial charge in [-0.3, -0.25) is 4.79 Å². The zero-order chi connectivity index (χ0) is 13.5. The van der Waals surface area contributed by atoms with Gasteiger partial charge in [0.25, 0.3) is 0 Å². The molecule has 0 heterocycles. The van der Waals surface area contributed by atoms with Gasteiger partial charge in [0, 0.05) is 17.3 Å². The van der Waals surface area contributed by atoms with E-state index in [-0.39, 0.29) is 17.7 Å². The number of rotatable bonds is 6. The number of carbonyl (C=O) groups excluding carboxylic acids is 1. The molecule has 0 aromatic heterocycles. The summed E-state index contributed by atoms with van der Waals surface area (Å²) in [6.07, 6.45) is 0.336. The molecule has 100 valence electrons. The number of hydrogen-bond donors (Lipinski definition) is 1. The summed E-state index contributed by atoms with van der Waals surface area (Å²) in [5.41, 5.74) is 0.528. The van der Waals surface area contributed by atoms with Crippen LogP contribution in [0.2, 0.25) is 0 Å². The second kappa shape index (κ2) is 7.31. The Morgan fingerprint density at radius 3 is 2.72 bits per heavy atom. The van der Waals surface area contributed by atoms with Crippen molar-refractivity contribution < 1.29 is 18.3 Å². The minimum atomic E-state index is -2.88. The van der Waals surface area contributed by atoms with Crippen LogP contribution in [0.25, 0.3) is 0 Å². The molecule has 0 aliphatic carbocycles. The lowest BCUT2D eigenvalue weighted by atomic mass is 10.1. The molecular weight excluding hydrogens is 308 g/mol. The van der Waals surface area contributed by atoms with Crippen molar-refractivity contribution in [2.45, 2.75) is 26.0 Å². The molecule has 0 saturated carbocycles. The van der Waals surface area contributed by atoms with Gasteiger partial charge in [-0.15, -0.1) is 0 Å². The first kappa shape index (κ1) is 14.9. The Hall–Kier alpha value is -1.17. The summed E-state index contributed by atoms with van der Waals surface area (Å²) in [7, 11) is 0. The van der Waals surface area contributed by atoms with Crippen LogP contribution >= 0.6 is 15.9 Å². The molecule has 1 atom stereocenters. The predicted octanol–water partition coefficient (Wildman–Crippen LogP) is 3.25. The number of para-hydroxylation sites is 1. The minimum absolute atomic E-state index is 0.0825. The van der Waals surface area contributed by atoms with Gasteiger partial charge in [0.2, 0.25) is 5.91 Å². The number of carbonyl (C=O) groups is 1. The maximum Gasteiger partial charge on any atom is 0.387 e. The van der Waals surface area contributed by atoms with Crippen molar-refractivity contribution in [2.75, 3.05) is 5.33 Å². The van der Waals surface area contributed by atoms with Crippen molar-refractivity contribution in [1.82, 2.24) is 5.32 Å². The number of ether oxygens (including phenoxy) is 1. The molecular formula is C12H14BrF2NO2. The summed E-state index contributed by atoms with van der Waals surface area (Å²) in [4.78, 5) is 11.4. The average Bonchev–Trinajstić information content (AvgIpc) is 2.28. The van der Waals surface area contributed by atoms with E-state index in [0.717, 1.165) is 0 Å². The highest BCUT2D eigenvalue weighted by atomic mass is 79.9. The molecule has 1 aromatic carbocycles. The van der Waals surface area contributed by atoms with Crippen molar-refractivity contribution in [3.05, 3.63) is 29.8 Å².